The Labute approximate surface area is 83.0 Å². The van der Waals surface area contributed by atoms with Crippen LogP contribution in [0.1, 0.15) is 5.56 Å². The van der Waals surface area contributed by atoms with Crippen LogP contribution < -0.4 is 0 Å². The summed E-state index contributed by atoms with van der Waals surface area (Å²) in [4.78, 5) is 1.21. The van der Waals surface area contributed by atoms with Gasteiger partial charge < -0.3 is 0 Å². The average Bonchev–Trinajstić information content (AvgIpc) is 2.03. The SMILES string of the molecule is [Y][PH]CCc1ccccc1. The van der Waals surface area contributed by atoms with Gasteiger partial charge in [-0.25, -0.2) is 0 Å². The van der Waals surface area contributed by atoms with Crippen molar-refractivity contribution in [3.63, 3.8) is 0 Å². The van der Waals surface area contributed by atoms with Crippen molar-refractivity contribution in [3.05, 3.63) is 35.9 Å². The summed E-state index contributed by atoms with van der Waals surface area (Å²) in [5.41, 5.74) is 1.49. The second-order valence-electron chi connectivity index (χ2n) is 2.19. The molecule has 2 heteroatoms. The Balaban J connectivity index is 2.43. The molecular formula is C8H10PY. The summed E-state index contributed by atoms with van der Waals surface area (Å²) >= 11 is 1.43. The molecule has 0 aliphatic heterocycles. The molecule has 0 N–H and O–H groups in total. The number of aryl methyl sites for hydroxylation is 1. The summed E-state index contributed by atoms with van der Waals surface area (Å²) < 4.78 is 0. The molecule has 0 saturated heterocycles. The first-order chi connectivity index (χ1) is 4.93. The fourth-order valence-electron chi connectivity index (χ4n) is 0.861. The second-order valence-corrected chi connectivity index (χ2v) is 6.11. The molecule has 0 saturated carbocycles. The Morgan fingerprint density at radius 3 is 2.50 bits per heavy atom. The normalized spacial score (nSPS) is 10.7. The predicted molar refractivity (Wildman–Crippen MR) is 43.3 cm³/mol. The van der Waals surface area contributed by atoms with Crippen LogP contribution in [0.2, 0.25) is 0 Å². The standard InChI is InChI=1S/C8H10P.Y/c9-7-6-8-4-2-1-3-5-8;/h1-5,9H,6-7H2;/q-1;+1. The summed E-state index contributed by atoms with van der Waals surface area (Å²) in [7, 11) is 0. The summed E-state index contributed by atoms with van der Waals surface area (Å²) in [6.07, 6.45) is 2.67. The first-order valence-electron chi connectivity index (χ1n) is 3.41. The third-order valence-corrected chi connectivity index (χ3v) is 4.07. The Kier molecular flexibility index (Phi) is 4.79. The molecule has 0 fully saturated rings. The van der Waals surface area contributed by atoms with E-state index in [0.717, 1.165) is 0 Å². The minimum atomic E-state index is 1.21. The van der Waals surface area contributed by atoms with Gasteiger partial charge in [0.15, 0.2) is 0 Å². The quantitative estimate of drug-likeness (QED) is 0.694. The first-order valence-corrected chi connectivity index (χ1v) is 8.95. The zero-order valence-electron chi connectivity index (χ0n) is 5.88. The van der Waals surface area contributed by atoms with Gasteiger partial charge in [-0.05, 0) is 0 Å². The fourth-order valence-corrected chi connectivity index (χ4v) is 2.36. The number of hydrogen-bond donors (Lipinski definition) is 0. The van der Waals surface area contributed by atoms with Crippen molar-refractivity contribution in [2.45, 2.75) is 6.42 Å². The van der Waals surface area contributed by atoms with Crippen molar-refractivity contribution in [1.82, 2.24) is 0 Å². The van der Waals surface area contributed by atoms with E-state index in [1.807, 2.05) is 0 Å². The Bertz CT molecular complexity index is 174. The molecule has 1 atom stereocenters. The van der Waals surface area contributed by atoms with E-state index in [1.165, 1.54) is 53.3 Å². The molecule has 1 aromatic rings. The average molecular weight is 226 g/mol. The van der Waals surface area contributed by atoms with Gasteiger partial charge in [-0.1, -0.05) is 0 Å². The molecule has 0 aliphatic rings. The van der Waals surface area contributed by atoms with Gasteiger partial charge >= 0.3 is 83.6 Å². The molecule has 1 rings (SSSR count). The van der Waals surface area contributed by atoms with E-state index in [1.54, 1.807) is 0 Å². The zero-order valence-corrected chi connectivity index (χ0v) is 9.72. The first kappa shape index (κ1) is 8.85. The molecule has 0 amide bonds. The van der Waals surface area contributed by atoms with Crippen LogP contribution in [0, 0.1) is 0 Å². The van der Waals surface area contributed by atoms with Crippen molar-refractivity contribution < 1.29 is 30.3 Å². The predicted octanol–water partition coefficient (Wildman–Crippen LogP) is 2.37. The van der Waals surface area contributed by atoms with Gasteiger partial charge in [-0.2, -0.15) is 0 Å². The number of rotatable bonds is 3. The molecule has 0 bridgehead atoms. The number of benzene rings is 1. The van der Waals surface area contributed by atoms with E-state index in [-0.39, 0.29) is 0 Å². The van der Waals surface area contributed by atoms with E-state index in [2.05, 4.69) is 30.3 Å². The summed E-state index contributed by atoms with van der Waals surface area (Å²) in [5, 5.41) is 0. The summed E-state index contributed by atoms with van der Waals surface area (Å²) in [5.74, 6) is 0. The van der Waals surface area contributed by atoms with Crippen molar-refractivity contribution in [2.24, 2.45) is 0 Å². The molecule has 10 heavy (non-hydrogen) atoms. The minimum absolute atomic E-state index is 1.21. The molecule has 0 spiro atoms. The van der Waals surface area contributed by atoms with E-state index in [4.69, 9.17) is 0 Å². The van der Waals surface area contributed by atoms with Gasteiger partial charge in [0, 0.05) is 0 Å². The maximum absolute atomic E-state index is 2.21. The van der Waals surface area contributed by atoms with Crippen LogP contribution in [0.25, 0.3) is 0 Å². The second kappa shape index (κ2) is 5.41. The van der Waals surface area contributed by atoms with Gasteiger partial charge in [-0.3, -0.25) is 0 Å². The maximum atomic E-state index is 2.21. The molecule has 0 radical (unpaired) electrons. The van der Waals surface area contributed by atoms with Crippen LogP contribution in [0.15, 0.2) is 30.3 Å². The Morgan fingerprint density at radius 1 is 1.20 bits per heavy atom. The van der Waals surface area contributed by atoms with Crippen LogP contribution in [0.4, 0.5) is 0 Å². The van der Waals surface area contributed by atoms with Crippen molar-refractivity contribution in [1.29, 1.82) is 0 Å². The van der Waals surface area contributed by atoms with Gasteiger partial charge in [-0.15, -0.1) is 0 Å². The molecule has 0 aromatic heterocycles. The fraction of sp³-hybridized carbons (Fsp3) is 0.250. The third-order valence-electron chi connectivity index (χ3n) is 1.40. The van der Waals surface area contributed by atoms with E-state index >= 15 is 0 Å². The molecular weight excluding hydrogens is 216 g/mol. The van der Waals surface area contributed by atoms with Gasteiger partial charge in [0.05, 0.1) is 0 Å². The molecule has 0 heterocycles. The van der Waals surface area contributed by atoms with Gasteiger partial charge in [0.25, 0.3) is 0 Å². The number of hydrogen-bond acceptors (Lipinski definition) is 0. The van der Waals surface area contributed by atoms with Crippen LogP contribution in [-0.4, -0.2) is 6.16 Å². The Morgan fingerprint density at radius 2 is 1.90 bits per heavy atom. The molecule has 1 unspecified atom stereocenters. The van der Waals surface area contributed by atoms with Crippen LogP contribution in [0.5, 0.6) is 0 Å². The van der Waals surface area contributed by atoms with E-state index in [0.29, 0.717) is 0 Å². The van der Waals surface area contributed by atoms with Crippen molar-refractivity contribution in [3.8, 4) is 0 Å². The third kappa shape index (κ3) is 3.24. The molecule has 1 aromatic carbocycles. The summed E-state index contributed by atoms with van der Waals surface area (Å²) in [6, 6.07) is 10.7. The van der Waals surface area contributed by atoms with Gasteiger partial charge in [0.2, 0.25) is 0 Å². The van der Waals surface area contributed by atoms with Gasteiger partial charge in [0.1, 0.15) is 0 Å². The monoisotopic (exact) mass is 226 g/mol. The van der Waals surface area contributed by atoms with Crippen LogP contribution in [-0.2, 0) is 36.7 Å². The molecule has 50 valence electrons. The van der Waals surface area contributed by atoms with E-state index < -0.39 is 0 Å². The van der Waals surface area contributed by atoms with Crippen molar-refractivity contribution in [2.75, 3.05) is 6.16 Å². The van der Waals surface area contributed by atoms with Crippen molar-refractivity contribution >= 4 is 4.83 Å². The zero-order chi connectivity index (χ0) is 7.23. The molecule has 0 aliphatic carbocycles. The van der Waals surface area contributed by atoms with Crippen LogP contribution >= 0.6 is 4.83 Å². The molecule has 0 nitrogen and oxygen atoms in total. The van der Waals surface area contributed by atoms with Crippen LogP contribution in [0.3, 0.4) is 0 Å². The Hall–Kier alpha value is 0.754. The van der Waals surface area contributed by atoms with E-state index in [9.17, 15) is 0 Å². The topological polar surface area (TPSA) is 0 Å². The summed E-state index contributed by atoms with van der Waals surface area (Å²) in [6.45, 7) is 0.